The first-order valence-electron chi connectivity index (χ1n) is 9.58. The molecule has 1 heterocycles. The van der Waals surface area contributed by atoms with Crippen LogP contribution >= 0.6 is 0 Å². The predicted molar refractivity (Wildman–Crippen MR) is 118 cm³/mol. The van der Waals surface area contributed by atoms with Crippen LogP contribution in [0.5, 0.6) is 5.75 Å². The maximum atomic E-state index is 12.3. The minimum atomic E-state index is -0.833. The SMILES string of the molecule is CC(=O)O.N=C(N)c1cccc(N2CC(COc3cccc4ccccc34)OC2=O)c1. The highest BCUT2D eigenvalue weighted by atomic mass is 16.6. The van der Waals surface area contributed by atoms with Crippen LogP contribution in [0, 0.1) is 5.41 Å². The molecular formula is C23H23N3O5. The summed E-state index contributed by atoms with van der Waals surface area (Å²) in [6.07, 6.45) is -0.806. The molecule has 4 N–H and O–H groups in total. The van der Waals surface area contributed by atoms with E-state index in [0.29, 0.717) is 17.8 Å². The summed E-state index contributed by atoms with van der Waals surface area (Å²) in [6.45, 7) is 1.73. The average molecular weight is 421 g/mol. The molecule has 8 heteroatoms. The summed E-state index contributed by atoms with van der Waals surface area (Å²) >= 11 is 0. The van der Waals surface area contributed by atoms with Gasteiger partial charge in [-0.1, -0.05) is 48.5 Å². The molecule has 1 fully saturated rings. The summed E-state index contributed by atoms with van der Waals surface area (Å²) in [4.78, 5) is 22.8. The van der Waals surface area contributed by atoms with Crippen LogP contribution in [0.3, 0.4) is 0 Å². The number of carboxylic acid groups (broad SMARTS) is 1. The summed E-state index contributed by atoms with van der Waals surface area (Å²) in [5.41, 5.74) is 6.75. The molecule has 3 aromatic rings. The van der Waals surface area contributed by atoms with Crippen LogP contribution in [-0.2, 0) is 9.53 Å². The zero-order valence-corrected chi connectivity index (χ0v) is 16.9. The standard InChI is InChI=1S/C21H19N3O3.C2H4O2/c22-20(23)15-7-3-8-16(11-15)24-12-17(27-21(24)25)13-26-19-10-4-6-14-5-1-2-9-18(14)19;1-2(3)4/h1-11,17H,12-13H2,(H3,22,23);1H3,(H,3,4). The molecule has 1 aliphatic heterocycles. The molecule has 0 spiro atoms. The maximum Gasteiger partial charge on any atom is 0.414 e. The number of hydrogen-bond acceptors (Lipinski definition) is 5. The Morgan fingerprint density at radius 3 is 2.61 bits per heavy atom. The van der Waals surface area contributed by atoms with Gasteiger partial charge < -0.3 is 20.3 Å². The lowest BCUT2D eigenvalue weighted by atomic mass is 10.1. The van der Waals surface area contributed by atoms with Crippen LogP contribution in [-0.4, -0.2) is 42.3 Å². The predicted octanol–water partition coefficient (Wildman–Crippen LogP) is 3.62. The molecule has 1 aliphatic rings. The van der Waals surface area contributed by atoms with Gasteiger partial charge in [-0.15, -0.1) is 0 Å². The number of nitrogens with one attached hydrogen (secondary N) is 1. The van der Waals surface area contributed by atoms with Crippen molar-refractivity contribution in [2.75, 3.05) is 18.1 Å². The summed E-state index contributed by atoms with van der Waals surface area (Å²) in [7, 11) is 0. The van der Waals surface area contributed by atoms with Crippen molar-refractivity contribution in [2.45, 2.75) is 13.0 Å². The highest BCUT2D eigenvalue weighted by Gasteiger charge is 2.33. The maximum absolute atomic E-state index is 12.3. The number of cyclic esters (lactones) is 1. The molecule has 1 unspecified atom stereocenters. The number of nitrogens with zero attached hydrogens (tertiary/aromatic N) is 1. The number of carboxylic acids is 1. The van der Waals surface area contributed by atoms with Gasteiger partial charge in [-0.3, -0.25) is 15.1 Å². The number of aliphatic carboxylic acids is 1. The Bertz CT molecular complexity index is 1110. The molecule has 0 aliphatic carbocycles. The lowest BCUT2D eigenvalue weighted by Gasteiger charge is -2.14. The van der Waals surface area contributed by atoms with Crippen LogP contribution in [0.1, 0.15) is 12.5 Å². The molecule has 1 amide bonds. The number of amidine groups is 1. The van der Waals surface area contributed by atoms with Gasteiger partial charge in [-0.25, -0.2) is 4.79 Å². The molecule has 31 heavy (non-hydrogen) atoms. The number of carbonyl (C=O) groups excluding carboxylic acids is 1. The van der Waals surface area contributed by atoms with Gasteiger partial charge in [-0.05, 0) is 23.6 Å². The van der Waals surface area contributed by atoms with E-state index in [-0.39, 0.29) is 18.5 Å². The third-order valence-electron chi connectivity index (χ3n) is 4.52. The summed E-state index contributed by atoms with van der Waals surface area (Å²) in [6, 6.07) is 20.9. The molecule has 160 valence electrons. The Balaban J connectivity index is 0.000000628. The fourth-order valence-corrected chi connectivity index (χ4v) is 3.16. The second kappa shape index (κ2) is 9.62. The van der Waals surface area contributed by atoms with Crippen LogP contribution in [0.4, 0.5) is 10.5 Å². The first-order chi connectivity index (χ1) is 14.8. The monoisotopic (exact) mass is 421 g/mol. The Morgan fingerprint density at radius 2 is 1.87 bits per heavy atom. The first kappa shape index (κ1) is 21.6. The van der Waals surface area contributed by atoms with Gasteiger partial charge >= 0.3 is 6.09 Å². The van der Waals surface area contributed by atoms with E-state index in [1.54, 1.807) is 24.3 Å². The third kappa shape index (κ3) is 5.51. The average Bonchev–Trinajstić information content (AvgIpc) is 3.12. The second-order valence-corrected chi connectivity index (χ2v) is 6.89. The van der Waals surface area contributed by atoms with Crippen molar-refractivity contribution in [1.29, 1.82) is 5.41 Å². The zero-order chi connectivity index (χ0) is 22.4. The quantitative estimate of drug-likeness (QED) is 0.427. The Morgan fingerprint density at radius 1 is 1.19 bits per heavy atom. The Labute approximate surface area is 179 Å². The fourth-order valence-electron chi connectivity index (χ4n) is 3.16. The topological polar surface area (TPSA) is 126 Å². The molecular weight excluding hydrogens is 398 g/mol. The molecule has 1 saturated heterocycles. The molecule has 0 bridgehead atoms. The molecule has 1 atom stereocenters. The molecule has 8 nitrogen and oxygen atoms in total. The number of ether oxygens (including phenoxy) is 2. The van der Waals surface area contributed by atoms with E-state index in [0.717, 1.165) is 23.4 Å². The third-order valence-corrected chi connectivity index (χ3v) is 4.52. The van der Waals surface area contributed by atoms with Gasteiger partial charge in [-0.2, -0.15) is 0 Å². The van der Waals surface area contributed by atoms with Gasteiger partial charge in [0.25, 0.3) is 5.97 Å². The van der Waals surface area contributed by atoms with Crippen LogP contribution < -0.4 is 15.4 Å². The van der Waals surface area contributed by atoms with Crippen LogP contribution in [0.15, 0.2) is 66.7 Å². The number of anilines is 1. The van der Waals surface area contributed by atoms with Gasteiger partial charge in [0.15, 0.2) is 6.10 Å². The Hall–Kier alpha value is -4.07. The number of amides is 1. The van der Waals surface area contributed by atoms with Crippen LogP contribution in [0.2, 0.25) is 0 Å². The largest absolute Gasteiger partial charge is 0.489 e. The molecule has 0 saturated carbocycles. The van der Waals surface area contributed by atoms with Gasteiger partial charge in [0, 0.05) is 23.6 Å². The number of hydrogen-bond donors (Lipinski definition) is 3. The number of fused-ring (bicyclic) bond motifs is 1. The lowest BCUT2D eigenvalue weighted by Crippen LogP contribution is -2.27. The number of rotatable bonds is 5. The lowest BCUT2D eigenvalue weighted by molar-refractivity contribution is -0.134. The number of benzene rings is 3. The molecule has 3 aromatic carbocycles. The van der Waals surface area contributed by atoms with Crippen molar-refractivity contribution in [1.82, 2.24) is 0 Å². The van der Waals surface area contributed by atoms with E-state index >= 15 is 0 Å². The zero-order valence-electron chi connectivity index (χ0n) is 16.9. The van der Waals surface area contributed by atoms with E-state index in [2.05, 4.69) is 0 Å². The summed E-state index contributed by atoms with van der Waals surface area (Å²) in [5, 5.41) is 17.1. The summed E-state index contributed by atoms with van der Waals surface area (Å²) < 4.78 is 11.4. The number of nitrogens with two attached hydrogens (primary N) is 1. The van der Waals surface area contributed by atoms with E-state index in [1.807, 2.05) is 42.5 Å². The minimum Gasteiger partial charge on any atom is -0.489 e. The molecule has 4 rings (SSSR count). The van der Waals surface area contributed by atoms with Gasteiger partial charge in [0.05, 0.1) is 6.54 Å². The highest BCUT2D eigenvalue weighted by Crippen LogP contribution is 2.27. The normalized spacial score (nSPS) is 15.1. The van der Waals surface area contributed by atoms with Gasteiger partial charge in [0.2, 0.25) is 0 Å². The van der Waals surface area contributed by atoms with Crippen LogP contribution in [0.25, 0.3) is 10.8 Å². The summed E-state index contributed by atoms with van der Waals surface area (Å²) in [5.74, 6) is -0.110. The first-order valence-corrected chi connectivity index (χ1v) is 9.58. The number of nitrogen functional groups attached to an aromatic ring is 1. The van der Waals surface area contributed by atoms with Crippen molar-refractivity contribution in [3.05, 3.63) is 72.3 Å². The van der Waals surface area contributed by atoms with Crippen molar-refractivity contribution >= 4 is 34.4 Å². The second-order valence-electron chi connectivity index (χ2n) is 6.89. The Kier molecular flexibility index (Phi) is 6.71. The van der Waals surface area contributed by atoms with Gasteiger partial charge in [0.1, 0.15) is 18.2 Å². The fraction of sp³-hybridized carbons (Fsp3) is 0.174. The van der Waals surface area contributed by atoms with Crippen molar-refractivity contribution in [3.8, 4) is 5.75 Å². The van der Waals surface area contributed by atoms with Crippen molar-refractivity contribution < 1.29 is 24.2 Å². The molecule has 0 radical (unpaired) electrons. The van der Waals surface area contributed by atoms with E-state index < -0.39 is 12.1 Å². The van der Waals surface area contributed by atoms with E-state index in [9.17, 15) is 4.79 Å². The van der Waals surface area contributed by atoms with E-state index in [1.165, 1.54) is 4.90 Å². The highest BCUT2D eigenvalue weighted by molar-refractivity contribution is 5.97. The van der Waals surface area contributed by atoms with E-state index in [4.69, 9.17) is 30.5 Å². The minimum absolute atomic E-state index is 0.0414. The molecule has 0 aromatic heterocycles. The van der Waals surface area contributed by atoms with Crippen molar-refractivity contribution in [3.63, 3.8) is 0 Å². The smallest absolute Gasteiger partial charge is 0.414 e. The number of carbonyl (C=O) groups is 2. The van der Waals surface area contributed by atoms with Crippen molar-refractivity contribution in [2.24, 2.45) is 5.73 Å².